The molecule has 72 valence electrons. The lowest BCUT2D eigenvalue weighted by Crippen LogP contribution is -2.18. The molecule has 2 nitrogen and oxygen atoms in total. The van der Waals surface area contributed by atoms with Crippen molar-refractivity contribution in [2.24, 2.45) is 0 Å². The zero-order valence-electron chi connectivity index (χ0n) is 8.17. The molecule has 13 heavy (non-hydrogen) atoms. The van der Waals surface area contributed by atoms with Gasteiger partial charge in [0.15, 0.2) is 0 Å². The fourth-order valence-electron chi connectivity index (χ4n) is 0.832. The van der Waals surface area contributed by atoms with Gasteiger partial charge in [0.05, 0.1) is 12.2 Å². The van der Waals surface area contributed by atoms with Crippen molar-refractivity contribution in [3.63, 3.8) is 0 Å². The number of nitrogens with zero attached hydrogens (tertiary/aromatic N) is 1. The lowest BCUT2D eigenvalue weighted by Gasteiger charge is -2.19. The Bertz CT molecular complexity index is 280. The van der Waals surface area contributed by atoms with E-state index in [4.69, 9.17) is 16.3 Å². The smallest absolute Gasteiger partial charge is 0.129 e. The summed E-state index contributed by atoms with van der Waals surface area (Å²) in [5.74, 6) is 0. The predicted molar refractivity (Wildman–Crippen MR) is 53.8 cm³/mol. The third-order valence-electron chi connectivity index (χ3n) is 1.46. The highest BCUT2D eigenvalue weighted by Crippen LogP contribution is 2.13. The van der Waals surface area contributed by atoms with Crippen LogP contribution in [-0.2, 0) is 11.3 Å². The number of rotatable bonds is 2. The highest BCUT2D eigenvalue weighted by atomic mass is 35.5. The lowest BCUT2D eigenvalue weighted by atomic mass is 10.2. The minimum atomic E-state index is -0.115. The highest BCUT2D eigenvalue weighted by Gasteiger charge is 2.09. The second-order valence-electron chi connectivity index (χ2n) is 3.89. The molecule has 1 aromatic rings. The number of hydrogen-bond acceptors (Lipinski definition) is 2. The predicted octanol–water partition coefficient (Wildman–Crippen LogP) is 3.05. The monoisotopic (exact) mass is 199 g/mol. The fourth-order valence-corrected chi connectivity index (χ4v) is 1.03. The van der Waals surface area contributed by atoms with E-state index in [-0.39, 0.29) is 5.60 Å². The van der Waals surface area contributed by atoms with Gasteiger partial charge in [0.2, 0.25) is 0 Å². The summed E-state index contributed by atoms with van der Waals surface area (Å²) in [4.78, 5) is 3.89. The molecule has 0 aliphatic carbocycles. The number of halogens is 1. The van der Waals surface area contributed by atoms with Gasteiger partial charge in [-0.15, -0.1) is 0 Å². The maximum Gasteiger partial charge on any atom is 0.129 e. The Labute approximate surface area is 83.9 Å². The molecule has 0 aliphatic rings. The van der Waals surface area contributed by atoms with Crippen LogP contribution >= 0.6 is 11.6 Å². The summed E-state index contributed by atoms with van der Waals surface area (Å²) in [5.41, 5.74) is 0.936. The van der Waals surface area contributed by atoms with Gasteiger partial charge in [-0.2, -0.15) is 0 Å². The van der Waals surface area contributed by atoms with Crippen LogP contribution in [0.2, 0.25) is 5.15 Å². The Morgan fingerprint density at radius 2 is 2.15 bits per heavy atom. The van der Waals surface area contributed by atoms with Crippen LogP contribution in [0.1, 0.15) is 26.3 Å². The Morgan fingerprint density at radius 1 is 1.46 bits per heavy atom. The van der Waals surface area contributed by atoms with Gasteiger partial charge in [-0.25, -0.2) is 4.98 Å². The molecule has 1 aromatic heterocycles. The third-order valence-corrected chi connectivity index (χ3v) is 1.67. The molecule has 1 heterocycles. The lowest BCUT2D eigenvalue weighted by molar-refractivity contribution is -0.0149. The molecule has 0 saturated heterocycles. The first-order valence-corrected chi connectivity index (χ1v) is 4.59. The highest BCUT2D eigenvalue weighted by molar-refractivity contribution is 6.29. The first-order chi connectivity index (χ1) is 5.97. The molecular weight excluding hydrogens is 186 g/mol. The summed E-state index contributed by atoms with van der Waals surface area (Å²) in [6, 6.07) is 3.71. The summed E-state index contributed by atoms with van der Waals surface area (Å²) >= 11 is 5.73. The normalized spacial score (nSPS) is 11.7. The van der Waals surface area contributed by atoms with Crippen molar-refractivity contribution >= 4 is 11.6 Å². The number of hydrogen-bond donors (Lipinski definition) is 0. The summed E-state index contributed by atoms with van der Waals surface area (Å²) in [6.45, 7) is 6.65. The average molecular weight is 200 g/mol. The third kappa shape index (κ3) is 4.25. The molecule has 0 bridgehead atoms. The zero-order valence-corrected chi connectivity index (χ0v) is 8.93. The van der Waals surface area contributed by atoms with Crippen LogP contribution in [0, 0.1) is 0 Å². The van der Waals surface area contributed by atoms with Gasteiger partial charge < -0.3 is 4.74 Å². The average Bonchev–Trinajstić information content (AvgIpc) is 2.00. The van der Waals surface area contributed by atoms with Crippen molar-refractivity contribution in [1.82, 2.24) is 4.98 Å². The van der Waals surface area contributed by atoms with Crippen LogP contribution < -0.4 is 0 Å². The minimum absolute atomic E-state index is 0.115. The van der Waals surface area contributed by atoms with E-state index >= 15 is 0 Å². The van der Waals surface area contributed by atoms with E-state index in [0.29, 0.717) is 11.8 Å². The molecule has 0 saturated carbocycles. The molecular formula is C10H14ClNO. The first kappa shape index (κ1) is 10.5. The second-order valence-corrected chi connectivity index (χ2v) is 4.28. The van der Waals surface area contributed by atoms with Crippen LogP contribution in [0.3, 0.4) is 0 Å². The Morgan fingerprint density at radius 3 is 2.69 bits per heavy atom. The SMILES string of the molecule is CC(C)(C)OCc1ccnc(Cl)c1. The van der Waals surface area contributed by atoms with Gasteiger partial charge >= 0.3 is 0 Å². The topological polar surface area (TPSA) is 22.1 Å². The van der Waals surface area contributed by atoms with Gasteiger partial charge in [0.25, 0.3) is 0 Å². The second kappa shape index (κ2) is 4.07. The minimum Gasteiger partial charge on any atom is -0.371 e. The molecule has 0 atom stereocenters. The zero-order chi connectivity index (χ0) is 9.90. The Kier molecular flexibility index (Phi) is 3.28. The van der Waals surface area contributed by atoms with Gasteiger partial charge in [-0.3, -0.25) is 0 Å². The Hall–Kier alpha value is -0.600. The molecule has 1 rings (SSSR count). The molecule has 0 radical (unpaired) electrons. The van der Waals surface area contributed by atoms with E-state index in [1.807, 2.05) is 32.9 Å². The molecule has 0 N–H and O–H groups in total. The van der Waals surface area contributed by atoms with Gasteiger partial charge in [0, 0.05) is 6.20 Å². The molecule has 0 aromatic carbocycles. The van der Waals surface area contributed by atoms with Crippen molar-refractivity contribution in [2.45, 2.75) is 33.0 Å². The quantitative estimate of drug-likeness (QED) is 0.683. The van der Waals surface area contributed by atoms with Crippen LogP contribution in [0.15, 0.2) is 18.3 Å². The summed E-state index contributed by atoms with van der Waals surface area (Å²) in [7, 11) is 0. The van der Waals surface area contributed by atoms with E-state index in [9.17, 15) is 0 Å². The number of aromatic nitrogens is 1. The summed E-state index contributed by atoms with van der Waals surface area (Å²) < 4.78 is 5.58. The van der Waals surface area contributed by atoms with Gasteiger partial charge in [0.1, 0.15) is 5.15 Å². The van der Waals surface area contributed by atoms with Crippen molar-refractivity contribution in [3.05, 3.63) is 29.0 Å². The van der Waals surface area contributed by atoms with E-state index in [1.165, 1.54) is 0 Å². The largest absolute Gasteiger partial charge is 0.371 e. The van der Waals surface area contributed by atoms with Crippen molar-refractivity contribution < 1.29 is 4.74 Å². The molecule has 0 unspecified atom stereocenters. The van der Waals surface area contributed by atoms with Crippen molar-refractivity contribution in [3.8, 4) is 0 Å². The standard InChI is InChI=1S/C10H14ClNO/c1-10(2,3)13-7-8-4-5-12-9(11)6-8/h4-6H,7H2,1-3H3. The van der Waals surface area contributed by atoms with Gasteiger partial charge in [-0.05, 0) is 38.5 Å². The van der Waals surface area contributed by atoms with Crippen LogP contribution in [0.5, 0.6) is 0 Å². The van der Waals surface area contributed by atoms with E-state index in [2.05, 4.69) is 4.98 Å². The summed E-state index contributed by atoms with van der Waals surface area (Å²) in [5, 5.41) is 0.509. The maximum atomic E-state index is 5.73. The number of ether oxygens (including phenoxy) is 1. The molecule has 0 amide bonds. The number of pyridine rings is 1. The van der Waals surface area contributed by atoms with E-state index in [1.54, 1.807) is 6.20 Å². The fraction of sp³-hybridized carbons (Fsp3) is 0.500. The molecule has 0 spiro atoms. The summed E-state index contributed by atoms with van der Waals surface area (Å²) in [6.07, 6.45) is 1.68. The van der Waals surface area contributed by atoms with Gasteiger partial charge in [-0.1, -0.05) is 11.6 Å². The van der Waals surface area contributed by atoms with Crippen LogP contribution in [-0.4, -0.2) is 10.6 Å². The maximum absolute atomic E-state index is 5.73. The molecule has 0 aliphatic heterocycles. The van der Waals surface area contributed by atoms with Crippen molar-refractivity contribution in [2.75, 3.05) is 0 Å². The van der Waals surface area contributed by atoms with Crippen LogP contribution in [0.25, 0.3) is 0 Å². The van der Waals surface area contributed by atoms with Crippen LogP contribution in [0.4, 0.5) is 0 Å². The van der Waals surface area contributed by atoms with Crippen molar-refractivity contribution in [1.29, 1.82) is 0 Å². The Balaban J connectivity index is 2.55. The molecule has 3 heteroatoms. The van der Waals surface area contributed by atoms with E-state index < -0.39 is 0 Å². The molecule has 0 fully saturated rings. The first-order valence-electron chi connectivity index (χ1n) is 4.22. The van der Waals surface area contributed by atoms with E-state index in [0.717, 1.165) is 5.56 Å².